The average Bonchev–Trinajstić information content (AvgIpc) is 2.45. The quantitative estimate of drug-likeness (QED) is 0.886. The van der Waals surface area contributed by atoms with Crippen molar-refractivity contribution in [2.24, 2.45) is 0 Å². The standard InChI is InChI=1S/C16H16FNO3/c1-2-5-21-14-7-12(9-18-10-14)15-4-3-13(17)6-11(15)8-16(19)20/h3-4,6-7,9-10H,2,5,8H2,1H3,(H,19,20). The van der Waals surface area contributed by atoms with E-state index in [0.717, 1.165) is 6.42 Å². The molecule has 0 saturated carbocycles. The third kappa shape index (κ3) is 4.02. The molecule has 0 amide bonds. The van der Waals surface area contributed by atoms with Crippen LogP contribution in [0.25, 0.3) is 11.1 Å². The van der Waals surface area contributed by atoms with E-state index in [2.05, 4.69) is 4.98 Å². The number of benzene rings is 1. The number of aromatic nitrogens is 1. The minimum atomic E-state index is -1.01. The lowest BCUT2D eigenvalue weighted by Gasteiger charge is -2.10. The zero-order valence-electron chi connectivity index (χ0n) is 11.7. The molecule has 21 heavy (non-hydrogen) atoms. The van der Waals surface area contributed by atoms with Crippen molar-refractivity contribution in [2.45, 2.75) is 19.8 Å². The Morgan fingerprint density at radius 1 is 1.33 bits per heavy atom. The van der Waals surface area contributed by atoms with Crippen molar-refractivity contribution in [1.82, 2.24) is 4.98 Å². The van der Waals surface area contributed by atoms with E-state index in [-0.39, 0.29) is 6.42 Å². The highest BCUT2D eigenvalue weighted by atomic mass is 19.1. The van der Waals surface area contributed by atoms with Crippen molar-refractivity contribution in [3.63, 3.8) is 0 Å². The molecular weight excluding hydrogens is 273 g/mol. The van der Waals surface area contributed by atoms with E-state index in [1.54, 1.807) is 24.5 Å². The maximum absolute atomic E-state index is 13.3. The molecule has 0 aliphatic heterocycles. The monoisotopic (exact) mass is 289 g/mol. The third-order valence-corrected chi connectivity index (χ3v) is 2.91. The number of halogens is 1. The topological polar surface area (TPSA) is 59.4 Å². The molecule has 2 aromatic rings. The summed E-state index contributed by atoms with van der Waals surface area (Å²) in [5.41, 5.74) is 1.77. The van der Waals surface area contributed by atoms with Crippen LogP contribution in [-0.4, -0.2) is 22.7 Å². The normalized spacial score (nSPS) is 10.4. The maximum atomic E-state index is 13.3. The Morgan fingerprint density at radius 2 is 2.14 bits per heavy atom. The predicted molar refractivity (Wildman–Crippen MR) is 76.8 cm³/mol. The summed E-state index contributed by atoms with van der Waals surface area (Å²) >= 11 is 0. The van der Waals surface area contributed by atoms with Gasteiger partial charge < -0.3 is 9.84 Å². The lowest BCUT2D eigenvalue weighted by Crippen LogP contribution is -2.03. The molecule has 1 N–H and O–H groups in total. The number of hydrogen-bond donors (Lipinski definition) is 1. The van der Waals surface area contributed by atoms with Crippen LogP contribution >= 0.6 is 0 Å². The summed E-state index contributed by atoms with van der Waals surface area (Å²) in [6, 6.07) is 5.89. The summed E-state index contributed by atoms with van der Waals surface area (Å²) in [6.45, 7) is 2.58. The molecule has 0 spiro atoms. The Labute approximate surface area is 122 Å². The van der Waals surface area contributed by atoms with Crippen LogP contribution in [0, 0.1) is 5.82 Å². The Hall–Kier alpha value is -2.43. The van der Waals surface area contributed by atoms with Crippen molar-refractivity contribution in [2.75, 3.05) is 6.61 Å². The summed E-state index contributed by atoms with van der Waals surface area (Å²) in [5, 5.41) is 8.94. The molecule has 110 valence electrons. The number of carbonyl (C=O) groups is 1. The Bertz CT molecular complexity index is 643. The van der Waals surface area contributed by atoms with Gasteiger partial charge in [0.15, 0.2) is 0 Å². The van der Waals surface area contributed by atoms with Crippen molar-refractivity contribution in [3.05, 3.63) is 48.0 Å². The van der Waals surface area contributed by atoms with Crippen LogP contribution in [0.2, 0.25) is 0 Å². The van der Waals surface area contributed by atoms with Crippen molar-refractivity contribution in [1.29, 1.82) is 0 Å². The number of ether oxygens (including phenoxy) is 1. The van der Waals surface area contributed by atoms with Gasteiger partial charge in [0.2, 0.25) is 0 Å². The highest BCUT2D eigenvalue weighted by Gasteiger charge is 2.11. The second-order valence-electron chi connectivity index (χ2n) is 4.63. The Balaban J connectivity index is 2.38. The number of rotatable bonds is 6. The van der Waals surface area contributed by atoms with Crippen LogP contribution in [0.5, 0.6) is 5.75 Å². The van der Waals surface area contributed by atoms with Crippen molar-refractivity contribution in [3.8, 4) is 16.9 Å². The second kappa shape index (κ2) is 6.83. The van der Waals surface area contributed by atoms with Crippen LogP contribution in [0.4, 0.5) is 4.39 Å². The molecule has 0 radical (unpaired) electrons. The van der Waals surface area contributed by atoms with Gasteiger partial charge in [-0.3, -0.25) is 9.78 Å². The highest BCUT2D eigenvalue weighted by molar-refractivity contribution is 5.76. The van der Waals surface area contributed by atoms with Gasteiger partial charge in [0.05, 0.1) is 19.2 Å². The van der Waals surface area contributed by atoms with Crippen LogP contribution in [0.1, 0.15) is 18.9 Å². The summed E-state index contributed by atoms with van der Waals surface area (Å²) in [5.74, 6) is -0.852. The SMILES string of the molecule is CCCOc1cncc(-c2ccc(F)cc2CC(=O)O)c1. The van der Waals surface area contributed by atoms with E-state index in [9.17, 15) is 9.18 Å². The number of carboxylic acid groups (broad SMARTS) is 1. The number of carboxylic acids is 1. The van der Waals surface area contributed by atoms with Gasteiger partial charge in [-0.15, -0.1) is 0 Å². The molecule has 0 bridgehead atoms. The molecule has 1 heterocycles. The zero-order valence-corrected chi connectivity index (χ0v) is 11.7. The summed E-state index contributed by atoms with van der Waals surface area (Å²) in [6.07, 6.45) is 3.84. The van der Waals surface area contributed by atoms with Gasteiger partial charge in [-0.1, -0.05) is 13.0 Å². The smallest absolute Gasteiger partial charge is 0.307 e. The number of pyridine rings is 1. The minimum absolute atomic E-state index is 0.243. The molecule has 0 aliphatic carbocycles. The number of nitrogens with zero attached hydrogens (tertiary/aromatic N) is 1. The fourth-order valence-electron chi connectivity index (χ4n) is 2.02. The van der Waals surface area contributed by atoms with Gasteiger partial charge >= 0.3 is 5.97 Å². The molecular formula is C16H16FNO3. The lowest BCUT2D eigenvalue weighted by atomic mass is 9.98. The first kappa shape index (κ1) is 15.0. The summed E-state index contributed by atoms with van der Waals surface area (Å²) in [7, 11) is 0. The van der Waals surface area contributed by atoms with Gasteiger partial charge in [-0.25, -0.2) is 4.39 Å². The molecule has 0 aliphatic rings. The first-order valence-electron chi connectivity index (χ1n) is 6.68. The summed E-state index contributed by atoms with van der Waals surface area (Å²) < 4.78 is 18.8. The van der Waals surface area contributed by atoms with Gasteiger partial charge in [0.25, 0.3) is 0 Å². The zero-order chi connectivity index (χ0) is 15.2. The molecule has 2 rings (SSSR count). The molecule has 0 saturated heterocycles. The van der Waals surface area contributed by atoms with E-state index in [1.807, 2.05) is 6.92 Å². The van der Waals surface area contributed by atoms with Crippen molar-refractivity contribution >= 4 is 5.97 Å². The molecule has 5 heteroatoms. The maximum Gasteiger partial charge on any atom is 0.307 e. The Kier molecular flexibility index (Phi) is 4.87. The fraction of sp³-hybridized carbons (Fsp3) is 0.250. The predicted octanol–water partition coefficient (Wildman–Crippen LogP) is 3.30. The minimum Gasteiger partial charge on any atom is -0.492 e. The molecule has 1 aromatic carbocycles. The molecule has 1 aromatic heterocycles. The van der Waals surface area contributed by atoms with E-state index in [4.69, 9.17) is 9.84 Å². The van der Waals surface area contributed by atoms with Gasteiger partial charge in [-0.05, 0) is 35.7 Å². The first-order valence-corrected chi connectivity index (χ1v) is 6.68. The van der Waals surface area contributed by atoms with Crippen LogP contribution in [0.3, 0.4) is 0 Å². The number of aliphatic carboxylic acids is 1. The van der Waals surface area contributed by atoms with Crippen LogP contribution < -0.4 is 4.74 Å². The average molecular weight is 289 g/mol. The van der Waals surface area contributed by atoms with E-state index >= 15 is 0 Å². The molecule has 0 fully saturated rings. The number of hydrogen-bond acceptors (Lipinski definition) is 3. The molecule has 0 atom stereocenters. The second-order valence-corrected chi connectivity index (χ2v) is 4.63. The van der Waals surface area contributed by atoms with Gasteiger partial charge in [0, 0.05) is 11.8 Å². The van der Waals surface area contributed by atoms with Crippen LogP contribution in [0.15, 0.2) is 36.7 Å². The van der Waals surface area contributed by atoms with E-state index in [1.165, 1.54) is 12.1 Å². The van der Waals surface area contributed by atoms with Crippen LogP contribution in [-0.2, 0) is 11.2 Å². The fourth-order valence-corrected chi connectivity index (χ4v) is 2.02. The van der Waals surface area contributed by atoms with Gasteiger partial charge in [-0.2, -0.15) is 0 Å². The van der Waals surface area contributed by atoms with E-state index in [0.29, 0.717) is 29.0 Å². The first-order chi connectivity index (χ1) is 10.1. The Morgan fingerprint density at radius 3 is 2.86 bits per heavy atom. The largest absolute Gasteiger partial charge is 0.492 e. The highest BCUT2D eigenvalue weighted by Crippen LogP contribution is 2.27. The lowest BCUT2D eigenvalue weighted by molar-refractivity contribution is -0.136. The summed E-state index contributed by atoms with van der Waals surface area (Å²) in [4.78, 5) is 15.0. The molecule has 4 nitrogen and oxygen atoms in total. The molecule has 0 unspecified atom stereocenters. The van der Waals surface area contributed by atoms with Gasteiger partial charge in [0.1, 0.15) is 11.6 Å². The van der Waals surface area contributed by atoms with E-state index < -0.39 is 11.8 Å². The third-order valence-electron chi connectivity index (χ3n) is 2.91. The van der Waals surface area contributed by atoms with Crippen molar-refractivity contribution < 1.29 is 19.0 Å².